The first-order valence-electron chi connectivity index (χ1n) is 9.01. The lowest BCUT2D eigenvalue weighted by Crippen LogP contribution is -2.04. The third kappa shape index (κ3) is 3.68. The van der Waals surface area contributed by atoms with E-state index in [0.717, 1.165) is 21.3 Å². The zero-order valence-corrected chi connectivity index (χ0v) is 17.5. The monoisotopic (exact) mass is 425 g/mol. The molecule has 4 rings (SSSR count). The van der Waals surface area contributed by atoms with E-state index in [4.69, 9.17) is 0 Å². The second-order valence-corrected chi connectivity index (χ2v) is 9.76. The van der Waals surface area contributed by atoms with Crippen molar-refractivity contribution < 1.29 is 13.5 Å². The Kier molecular flexibility index (Phi) is 4.97. The highest BCUT2D eigenvalue weighted by Gasteiger charge is 2.17. The van der Waals surface area contributed by atoms with Crippen LogP contribution in [0.1, 0.15) is 12.5 Å². The molecule has 0 spiro atoms. The van der Waals surface area contributed by atoms with E-state index in [1.807, 2.05) is 36.6 Å². The van der Waals surface area contributed by atoms with Gasteiger partial charge in [0.15, 0.2) is 9.84 Å². The number of phenolic OH excluding ortho intramolecular Hbond substituents is 1. The summed E-state index contributed by atoms with van der Waals surface area (Å²) in [5, 5.41) is 16.2. The smallest absolute Gasteiger partial charge is 0.178 e. The molecule has 0 saturated heterocycles. The van der Waals surface area contributed by atoms with Crippen molar-refractivity contribution in [1.82, 2.24) is 9.97 Å². The van der Waals surface area contributed by atoms with Crippen molar-refractivity contribution in [2.24, 2.45) is 0 Å². The number of sulfone groups is 1. The van der Waals surface area contributed by atoms with Gasteiger partial charge in [0.25, 0.3) is 0 Å². The molecular formula is C21H19N3O3S2. The topological polar surface area (TPSA) is 92.2 Å². The number of thiophene rings is 1. The lowest BCUT2D eigenvalue weighted by atomic mass is 10.0. The Morgan fingerprint density at radius 3 is 2.59 bits per heavy atom. The number of rotatable bonds is 5. The number of nitrogens with zero attached hydrogens (tertiary/aromatic N) is 2. The Balaban J connectivity index is 1.83. The second-order valence-electron chi connectivity index (χ2n) is 6.63. The van der Waals surface area contributed by atoms with Crippen LogP contribution in [0.4, 0.5) is 11.5 Å². The van der Waals surface area contributed by atoms with Gasteiger partial charge in [-0.25, -0.2) is 18.4 Å². The Hall–Kier alpha value is -2.97. The van der Waals surface area contributed by atoms with Crippen LogP contribution in [0.3, 0.4) is 0 Å². The highest BCUT2D eigenvalue weighted by Crippen LogP contribution is 2.39. The van der Waals surface area contributed by atoms with Crippen molar-refractivity contribution in [3.05, 3.63) is 59.7 Å². The predicted molar refractivity (Wildman–Crippen MR) is 117 cm³/mol. The standard InChI is InChI=1S/C21H19N3O3S2/c1-3-29(26,27)15-8-9-18(25)17(10-15)24-20-19-16(11-28-21(19)23-12-22-20)14-6-4-13(2)5-7-14/h4-12,25H,3H2,1-2H3,(H,22,23,24). The zero-order valence-electron chi connectivity index (χ0n) is 15.9. The molecule has 2 aromatic heterocycles. The van der Waals surface area contributed by atoms with Crippen LogP contribution in [0.15, 0.2) is 59.1 Å². The molecule has 29 heavy (non-hydrogen) atoms. The molecule has 6 nitrogen and oxygen atoms in total. The summed E-state index contributed by atoms with van der Waals surface area (Å²) >= 11 is 1.50. The van der Waals surface area contributed by atoms with Gasteiger partial charge < -0.3 is 10.4 Å². The van der Waals surface area contributed by atoms with Crippen LogP contribution >= 0.6 is 11.3 Å². The van der Waals surface area contributed by atoms with Gasteiger partial charge in [-0.05, 0) is 30.7 Å². The minimum absolute atomic E-state index is 0.0168. The fourth-order valence-electron chi connectivity index (χ4n) is 3.02. The summed E-state index contributed by atoms with van der Waals surface area (Å²) in [6.45, 7) is 3.62. The first-order valence-corrected chi connectivity index (χ1v) is 11.5. The van der Waals surface area contributed by atoms with Gasteiger partial charge in [-0.3, -0.25) is 0 Å². The van der Waals surface area contributed by atoms with Crippen LogP contribution in [0, 0.1) is 6.92 Å². The summed E-state index contributed by atoms with van der Waals surface area (Å²) in [7, 11) is -3.40. The van der Waals surface area contributed by atoms with Crippen molar-refractivity contribution in [2.75, 3.05) is 11.1 Å². The molecule has 0 aliphatic carbocycles. The number of phenols is 1. The van der Waals surface area contributed by atoms with Crippen molar-refractivity contribution >= 4 is 42.9 Å². The highest BCUT2D eigenvalue weighted by atomic mass is 32.2. The number of aryl methyl sites for hydroxylation is 1. The van der Waals surface area contributed by atoms with Crippen molar-refractivity contribution in [3.8, 4) is 16.9 Å². The van der Waals surface area contributed by atoms with E-state index in [9.17, 15) is 13.5 Å². The number of aromatic hydroxyl groups is 1. The van der Waals surface area contributed by atoms with Gasteiger partial charge in [-0.1, -0.05) is 36.8 Å². The molecule has 0 aliphatic rings. The first-order chi connectivity index (χ1) is 13.9. The van der Waals surface area contributed by atoms with Crippen molar-refractivity contribution in [2.45, 2.75) is 18.7 Å². The van der Waals surface area contributed by atoms with Crippen LogP contribution in [-0.2, 0) is 9.84 Å². The van der Waals surface area contributed by atoms with Crippen LogP contribution in [-0.4, -0.2) is 29.2 Å². The molecule has 0 atom stereocenters. The molecule has 0 amide bonds. The van der Waals surface area contributed by atoms with Crippen LogP contribution in [0.2, 0.25) is 0 Å². The second kappa shape index (κ2) is 7.46. The molecule has 8 heteroatoms. The molecular weight excluding hydrogens is 406 g/mol. The molecule has 2 aromatic carbocycles. The number of aromatic nitrogens is 2. The molecule has 0 saturated carbocycles. The molecule has 0 radical (unpaired) electrons. The van der Waals surface area contributed by atoms with E-state index in [-0.39, 0.29) is 22.1 Å². The van der Waals surface area contributed by atoms with Gasteiger partial charge in [0.1, 0.15) is 22.7 Å². The van der Waals surface area contributed by atoms with E-state index in [0.29, 0.717) is 5.82 Å². The maximum atomic E-state index is 12.2. The summed E-state index contributed by atoms with van der Waals surface area (Å²) in [5.41, 5.74) is 3.46. The first kappa shape index (κ1) is 19.4. The van der Waals surface area contributed by atoms with Gasteiger partial charge in [-0.15, -0.1) is 11.3 Å². The quantitative estimate of drug-likeness (QED) is 0.442. The van der Waals surface area contributed by atoms with E-state index in [1.54, 1.807) is 6.92 Å². The highest BCUT2D eigenvalue weighted by molar-refractivity contribution is 7.91. The summed E-state index contributed by atoms with van der Waals surface area (Å²) < 4.78 is 24.4. The van der Waals surface area contributed by atoms with E-state index in [1.165, 1.54) is 41.4 Å². The normalized spacial score (nSPS) is 11.7. The number of benzene rings is 2. The van der Waals surface area contributed by atoms with Gasteiger partial charge in [0, 0.05) is 10.9 Å². The Morgan fingerprint density at radius 1 is 1.10 bits per heavy atom. The number of hydrogen-bond donors (Lipinski definition) is 2. The third-order valence-electron chi connectivity index (χ3n) is 4.69. The molecule has 0 bridgehead atoms. The Morgan fingerprint density at radius 2 is 1.86 bits per heavy atom. The van der Waals surface area contributed by atoms with Gasteiger partial charge in [0.2, 0.25) is 0 Å². The Labute approximate surface area is 172 Å². The predicted octanol–water partition coefficient (Wildman–Crippen LogP) is 4.91. The van der Waals surface area contributed by atoms with E-state index in [2.05, 4.69) is 15.3 Å². The molecule has 4 aromatic rings. The maximum Gasteiger partial charge on any atom is 0.178 e. The zero-order chi connectivity index (χ0) is 20.6. The maximum absolute atomic E-state index is 12.2. The van der Waals surface area contributed by atoms with Gasteiger partial charge in [0.05, 0.1) is 21.7 Å². The summed E-state index contributed by atoms with van der Waals surface area (Å²) in [5.74, 6) is 0.434. The number of hydrogen-bond acceptors (Lipinski definition) is 7. The molecule has 2 N–H and O–H groups in total. The molecule has 0 fully saturated rings. The summed E-state index contributed by atoms with van der Waals surface area (Å²) in [4.78, 5) is 9.65. The molecule has 0 aliphatic heterocycles. The van der Waals surface area contributed by atoms with E-state index < -0.39 is 9.84 Å². The Bertz CT molecular complexity index is 1300. The van der Waals surface area contributed by atoms with Gasteiger partial charge >= 0.3 is 0 Å². The van der Waals surface area contributed by atoms with Crippen molar-refractivity contribution in [1.29, 1.82) is 0 Å². The van der Waals surface area contributed by atoms with Crippen molar-refractivity contribution in [3.63, 3.8) is 0 Å². The number of anilines is 2. The average Bonchev–Trinajstić information content (AvgIpc) is 3.15. The average molecular weight is 426 g/mol. The number of fused-ring (bicyclic) bond motifs is 1. The van der Waals surface area contributed by atoms with Gasteiger partial charge in [-0.2, -0.15) is 0 Å². The summed E-state index contributed by atoms with van der Waals surface area (Å²) in [6.07, 6.45) is 1.45. The lowest BCUT2D eigenvalue weighted by Gasteiger charge is -2.12. The minimum Gasteiger partial charge on any atom is -0.506 e. The largest absolute Gasteiger partial charge is 0.506 e. The van der Waals surface area contributed by atoms with E-state index >= 15 is 0 Å². The van der Waals surface area contributed by atoms with Crippen LogP contribution in [0.25, 0.3) is 21.3 Å². The molecule has 2 heterocycles. The van der Waals surface area contributed by atoms with Crippen LogP contribution in [0.5, 0.6) is 5.75 Å². The fraction of sp³-hybridized carbons (Fsp3) is 0.143. The van der Waals surface area contributed by atoms with Crippen LogP contribution < -0.4 is 5.32 Å². The number of nitrogens with one attached hydrogen (secondary N) is 1. The SMILES string of the molecule is CCS(=O)(=O)c1ccc(O)c(Nc2ncnc3scc(-c4ccc(C)cc4)c23)c1. The molecule has 0 unspecified atom stereocenters. The summed E-state index contributed by atoms with van der Waals surface area (Å²) in [6, 6.07) is 12.4. The molecule has 148 valence electrons. The lowest BCUT2D eigenvalue weighted by molar-refractivity contribution is 0.477. The fourth-order valence-corrected chi connectivity index (χ4v) is 4.84. The minimum atomic E-state index is -3.40. The third-order valence-corrected chi connectivity index (χ3v) is 7.31.